The van der Waals surface area contributed by atoms with Crippen molar-refractivity contribution in [2.45, 2.75) is 19.0 Å². The van der Waals surface area contributed by atoms with Crippen LogP contribution in [0, 0.1) is 0 Å². The summed E-state index contributed by atoms with van der Waals surface area (Å²) in [7, 11) is 0. The fourth-order valence-electron chi connectivity index (χ4n) is 2.03. The summed E-state index contributed by atoms with van der Waals surface area (Å²) in [6.07, 6.45) is 0. The van der Waals surface area contributed by atoms with Crippen molar-refractivity contribution in [3.8, 4) is 5.69 Å². The lowest BCUT2D eigenvalue weighted by Gasteiger charge is -2.19. The molecule has 0 aliphatic rings. The lowest BCUT2D eigenvalue weighted by molar-refractivity contribution is -0.133. The molecule has 0 aliphatic carbocycles. The number of thioether (sulfide) groups is 1. The Morgan fingerprint density at radius 1 is 1.28 bits per heavy atom. The van der Waals surface area contributed by atoms with Crippen molar-refractivity contribution < 1.29 is 9.59 Å². The van der Waals surface area contributed by atoms with E-state index in [1.165, 1.54) is 21.3 Å². The van der Waals surface area contributed by atoms with Gasteiger partial charge in [0.1, 0.15) is 0 Å². The Hall–Kier alpha value is -2.13. The number of nitrogens with one attached hydrogen (secondary N) is 1. The smallest absolute Gasteiger partial charge is 0.239 e. The van der Waals surface area contributed by atoms with Crippen molar-refractivity contribution in [1.29, 1.82) is 0 Å². The second-order valence-electron chi connectivity index (χ2n) is 5.00. The van der Waals surface area contributed by atoms with Gasteiger partial charge in [0.15, 0.2) is 0 Å². The van der Waals surface area contributed by atoms with Gasteiger partial charge in [-0.25, -0.2) is 0 Å². The number of halogens is 1. The Morgan fingerprint density at radius 2 is 2.00 bits per heavy atom. The molecule has 1 heterocycles. The number of carbonyl (C=O) groups excluding carboxylic acids is 2. The van der Waals surface area contributed by atoms with Gasteiger partial charge in [-0.1, -0.05) is 23.4 Å². The zero-order valence-electron chi connectivity index (χ0n) is 14.0. The minimum absolute atomic E-state index is 0.0475. The summed E-state index contributed by atoms with van der Waals surface area (Å²) in [5.74, 6) is -0.181. The molecule has 0 aliphatic heterocycles. The summed E-state index contributed by atoms with van der Waals surface area (Å²) in [6, 6.07) is 7.06. The van der Waals surface area contributed by atoms with Crippen LogP contribution in [0.2, 0.25) is 5.02 Å². The summed E-state index contributed by atoms with van der Waals surface area (Å²) < 4.78 is 1.54. The lowest BCUT2D eigenvalue weighted by Crippen LogP contribution is -2.41. The van der Waals surface area contributed by atoms with E-state index in [1.54, 1.807) is 24.3 Å². The molecule has 1 aromatic carbocycles. The Morgan fingerprint density at radius 3 is 2.64 bits per heavy atom. The number of amides is 2. The van der Waals surface area contributed by atoms with Gasteiger partial charge < -0.3 is 10.2 Å². The summed E-state index contributed by atoms with van der Waals surface area (Å²) in [5.41, 5.74) is 0.749. The molecule has 2 amide bonds. The second kappa shape index (κ2) is 9.38. The molecule has 0 saturated carbocycles. The van der Waals surface area contributed by atoms with Gasteiger partial charge in [-0.15, -0.1) is 5.10 Å². The van der Waals surface area contributed by atoms with Gasteiger partial charge in [-0.05, 0) is 48.5 Å². The van der Waals surface area contributed by atoms with Crippen molar-refractivity contribution >= 4 is 35.2 Å². The Balaban J connectivity index is 1.99. The number of nitrogens with zero attached hydrogens (tertiary/aromatic N) is 5. The molecule has 0 atom stereocenters. The molecule has 2 aromatic rings. The molecule has 0 unspecified atom stereocenters. The monoisotopic (exact) mass is 382 g/mol. The molecule has 10 heteroatoms. The number of hydrogen-bond donors (Lipinski definition) is 1. The fourth-order valence-corrected chi connectivity index (χ4v) is 2.95. The summed E-state index contributed by atoms with van der Waals surface area (Å²) in [6.45, 7) is 4.71. The maximum atomic E-state index is 12.3. The maximum Gasteiger partial charge on any atom is 0.239 e. The SMILES string of the molecule is CCNC(=O)CN(CC)C(=O)CSc1nnnn1-c1ccc(Cl)cc1. The molecular weight excluding hydrogens is 364 g/mol. The average molecular weight is 383 g/mol. The highest BCUT2D eigenvalue weighted by Gasteiger charge is 2.17. The Kier molecular flexibility index (Phi) is 7.20. The molecule has 134 valence electrons. The van der Waals surface area contributed by atoms with Crippen molar-refractivity contribution in [3.63, 3.8) is 0 Å². The standard InChI is InChI=1S/C15H19ClN6O2S/c1-3-17-13(23)9-21(4-2)14(24)10-25-15-18-19-20-22(15)12-7-5-11(16)6-8-12/h5-8H,3-4,9-10H2,1-2H3,(H,17,23). The minimum atomic E-state index is -0.173. The normalized spacial score (nSPS) is 10.5. The number of aromatic nitrogens is 4. The first-order valence-electron chi connectivity index (χ1n) is 7.76. The van der Waals surface area contributed by atoms with Gasteiger partial charge in [0.25, 0.3) is 0 Å². The van der Waals surface area contributed by atoms with Gasteiger partial charge >= 0.3 is 0 Å². The number of hydrogen-bond acceptors (Lipinski definition) is 6. The first-order chi connectivity index (χ1) is 12.0. The highest BCUT2D eigenvalue weighted by Crippen LogP contribution is 2.20. The number of rotatable bonds is 8. The molecule has 8 nitrogen and oxygen atoms in total. The third-order valence-electron chi connectivity index (χ3n) is 3.28. The largest absolute Gasteiger partial charge is 0.355 e. The maximum absolute atomic E-state index is 12.3. The Labute approximate surface area is 154 Å². The Bertz CT molecular complexity index is 721. The molecule has 0 spiro atoms. The van der Waals surface area contributed by atoms with Gasteiger partial charge in [-0.2, -0.15) is 4.68 Å². The zero-order chi connectivity index (χ0) is 18.2. The molecule has 0 saturated heterocycles. The molecule has 25 heavy (non-hydrogen) atoms. The third-order valence-corrected chi connectivity index (χ3v) is 4.44. The molecule has 2 rings (SSSR count). The van der Waals surface area contributed by atoms with Crippen molar-refractivity contribution in [2.75, 3.05) is 25.4 Å². The van der Waals surface area contributed by atoms with Crippen LogP contribution in [0.15, 0.2) is 29.4 Å². The van der Waals surface area contributed by atoms with Crippen LogP contribution in [0.5, 0.6) is 0 Å². The van der Waals surface area contributed by atoms with Gasteiger partial charge in [0.2, 0.25) is 17.0 Å². The molecule has 0 fully saturated rings. The van der Waals surface area contributed by atoms with Crippen LogP contribution >= 0.6 is 23.4 Å². The summed E-state index contributed by atoms with van der Waals surface area (Å²) >= 11 is 7.10. The summed E-state index contributed by atoms with van der Waals surface area (Å²) in [4.78, 5) is 25.5. The van der Waals surface area contributed by atoms with E-state index in [0.29, 0.717) is 23.3 Å². The first kappa shape index (κ1) is 19.2. The van der Waals surface area contributed by atoms with Crippen LogP contribution in [0.25, 0.3) is 5.69 Å². The van der Waals surface area contributed by atoms with E-state index < -0.39 is 0 Å². The molecular formula is C15H19ClN6O2S. The summed E-state index contributed by atoms with van der Waals surface area (Å²) in [5, 5.41) is 15.3. The highest BCUT2D eigenvalue weighted by molar-refractivity contribution is 7.99. The van der Waals surface area contributed by atoms with E-state index in [9.17, 15) is 9.59 Å². The number of likely N-dealkylation sites (N-methyl/N-ethyl adjacent to an activating group) is 2. The van der Waals surface area contributed by atoms with Crippen LogP contribution in [0.4, 0.5) is 0 Å². The molecule has 0 bridgehead atoms. The first-order valence-corrected chi connectivity index (χ1v) is 9.13. The fraction of sp³-hybridized carbons (Fsp3) is 0.400. The van der Waals surface area contributed by atoms with E-state index in [4.69, 9.17) is 11.6 Å². The van der Waals surface area contributed by atoms with E-state index in [1.807, 2.05) is 13.8 Å². The van der Waals surface area contributed by atoms with Crippen molar-refractivity contribution in [2.24, 2.45) is 0 Å². The van der Waals surface area contributed by atoms with Crippen LogP contribution in [-0.2, 0) is 9.59 Å². The predicted molar refractivity (Wildman–Crippen MR) is 95.8 cm³/mol. The number of benzene rings is 1. The molecule has 1 N–H and O–H groups in total. The minimum Gasteiger partial charge on any atom is -0.355 e. The number of carbonyl (C=O) groups is 2. The predicted octanol–water partition coefficient (Wildman–Crippen LogP) is 1.39. The average Bonchev–Trinajstić information content (AvgIpc) is 3.07. The van der Waals surface area contributed by atoms with Crippen LogP contribution in [0.3, 0.4) is 0 Å². The molecule has 1 aromatic heterocycles. The third kappa shape index (κ3) is 5.43. The molecule has 0 radical (unpaired) electrons. The quantitative estimate of drug-likeness (QED) is 0.693. The van der Waals surface area contributed by atoms with Crippen LogP contribution < -0.4 is 5.32 Å². The van der Waals surface area contributed by atoms with Crippen molar-refractivity contribution in [3.05, 3.63) is 29.3 Å². The van der Waals surface area contributed by atoms with E-state index in [-0.39, 0.29) is 24.1 Å². The van der Waals surface area contributed by atoms with Gasteiger partial charge in [0, 0.05) is 18.1 Å². The van der Waals surface area contributed by atoms with Gasteiger partial charge in [-0.3, -0.25) is 9.59 Å². The highest BCUT2D eigenvalue weighted by atomic mass is 35.5. The zero-order valence-corrected chi connectivity index (χ0v) is 15.5. The van der Waals surface area contributed by atoms with Crippen LogP contribution in [0.1, 0.15) is 13.8 Å². The van der Waals surface area contributed by atoms with E-state index in [2.05, 4.69) is 20.8 Å². The second-order valence-corrected chi connectivity index (χ2v) is 6.38. The van der Waals surface area contributed by atoms with Gasteiger partial charge in [0.05, 0.1) is 18.0 Å². The topological polar surface area (TPSA) is 93.0 Å². The number of tetrazole rings is 1. The van der Waals surface area contributed by atoms with E-state index in [0.717, 1.165) is 5.69 Å². The lowest BCUT2D eigenvalue weighted by atomic mass is 10.3. The van der Waals surface area contributed by atoms with E-state index >= 15 is 0 Å². The van der Waals surface area contributed by atoms with Crippen molar-refractivity contribution in [1.82, 2.24) is 30.4 Å². The van der Waals surface area contributed by atoms with Crippen LogP contribution in [-0.4, -0.2) is 62.3 Å².